The van der Waals surface area contributed by atoms with Gasteiger partial charge in [-0.05, 0) is 31.5 Å². The molecular weight excluding hydrogens is 250 g/mol. The van der Waals surface area contributed by atoms with Gasteiger partial charge in [-0.15, -0.1) is 0 Å². The molecule has 0 aliphatic carbocycles. The van der Waals surface area contributed by atoms with E-state index in [0.29, 0.717) is 6.54 Å². The predicted octanol–water partition coefficient (Wildman–Crippen LogP) is 2.05. The Morgan fingerprint density at radius 2 is 1.95 bits per heavy atom. The molecule has 3 rings (SSSR count). The lowest BCUT2D eigenvalue weighted by molar-refractivity contribution is 0.721. The SMILES string of the molecule is Cc1c(-c2ccc3c(c2)nc(C)n3C)c(CN)nn1C. The van der Waals surface area contributed by atoms with Crippen molar-refractivity contribution in [2.45, 2.75) is 20.4 Å². The van der Waals surface area contributed by atoms with Crippen LogP contribution in [0.3, 0.4) is 0 Å². The maximum absolute atomic E-state index is 5.82. The van der Waals surface area contributed by atoms with Crippen LogP contribution in [0, 0.1) is 13.8 Å². The third-order valence-corrected chi connectivity index (χ3v) is 3.99. The van der Waals surface area contributed by atoms with Gasteiger partial charge < -0.3 is 10.3 Å². The third-order valence-electron chi connectivity index (χ3n) is 3.99. The number of imidazole rings is 1. The van der Waals surface area contributed by atoms with Crippen molar-refractivity contribution in [3.63, 3.8) is 0 Å². The summed E-state index contributed by atoms with van der Waals surface area (Å²) >= 11 is 0. The number of benzene rings is 1. The maximum Gasteiger partial charge on any atom is 0.106 e. The van der Waals surface area contributed by atoms with Crippen molar-refractivity contribution < 1.29 is 0 Å². The predicted molar refractivity (Wildman–Crippen MR) is 80.3 cm³/mol. The second-order valence-electron chi connectivity index (χ2n) is 5.16. The van der Waals surface area contributed by atoms with E-state index in [4.69, 9.17) is 5.73 Å². The summed E-state index contributed by atoms with van der Waals surface area (Å²) in [5, 5.41) is 4.47. The van der Waals surface area contributed by atoms with Crippen molar-refractivity contribution in [1.29, 1.82) is 0 Å². The normalized spacial score (nSPS) is 11.4. The Balaban J connectivity index is 2.25. The fourth-order valence-electron chi connectivity index (χ4n) is 2.67. The van der Waals surface area contributed by atoms with Crippen LogP contribution in [0.25, 0.3) is 22.2 Å². The first-order valence-corrected chi connectivity index (χ1v) is 6.69. The van der Waals surface area contributed by atoms with E-state index in [1.54, 1.807) is 0 Å². The van der Waals surface area contributed by atoms with Crippen LogP contribution in [0.15, 0.2) is 18.2 Å². The zero-order chi connectivity index (χ0) is 14.4. The van der Waals surface area contributed by atoms with E-state index >= 15 is 0 Å². The topological polar surface area (TPSA) is 61.7 Å². The first kappa shape index (κ1) is 12.9. The fourth-order valence-corrected chi connectivity index (χ4v) is 2.67. The van der Waals surface area contributed by atoms with Crippen molar-refractivity contribution in [2.75, 3.05) is 0 Å². The number of nitrogens with two attached hydrogens (primary N) is 1. The Morgan fingerprint density at radius 1 is 1.20 bits per heavy atom. The maximum atomic E-state index is 5.82. The molecule has 0 bridgehead atoms. The van der Waals surface area contributed by atoms with Crippen LogP contribution in [0.2, 0.25) is 0 Å². The fraction of sp³-hybridized carbons (Fsp3) is 0.333. The van der Waals surface area contributed by atoms with Gasteiger partial charge in [0, 0.05) is 31.9 Å². The summed E-state index contributed by atoms with van der Waals surface area (Å²) in [5.41, 5.74) is 12.3. The lowest BCUT2D eigenvalue weighted by Gasteiger charge is -2.04. The van der Waals surface area contributed by atoms with Crippen molar-refractivity contribution in [3.8, 4) is 11.1 Å². The summed E-state index contributed by atoms with van der Waals surface area (Å²) in [7, 11) is 3.98. The average molecular weight is 269 g/mol. The van der Waals surface area contributed by atoms with E-state index < -0.39 is 0 Å². The van der Waals surface area contributed by atoms with Gasteiger partial charge in [-0.25, -0.2) is 4.98 Å². The van der Waals surface area contributed by atoms with Crippen molar-refractivity contribution in [1.82, 2.24) is 19.3 Å². The van der Waals surface area contributed by atoms with Crippen LogP contribution in [0.1, 0.15) is 17.2 Å². The van der Waals surface area contributed by atoms with Crippen LogP contribution in [-0.2, 0) is 20.6 Å². The van der Waals surface area contributed by atoms with E-state index in [1.165, 1.54) is 0 Å². The van der Waals surface area contributed by atoms with E-state index in [9.17, 15) is 0 Å². The molecule has 5 nitrogen and oxygen atoms in total. The van der Waals surface area contributed by atoms with Gasteiger partial charge in [0.1, 0.15) is 5.82 Å². The minimum absolute atomic E-state index is 0.441. The first-order chi connectivity index (χ1) is 9.52. The highest BCUT2D eigenvalue weighted by atomic mass is 15.3. The second-order valence-corrected chi connectivity index (χ2v) is 5.16. The van der Waals surface area contributed by atoms with E-state index in [1.807, 2.05) is 25.7 Å². The van der Waals surface area contributed by atoms with Gasteiger partial charge >= 0.3 is 0 Å². The second kappa shape index (κ2) is 4.45. The molecule has 0 aliphatic heterocycles. The number of hydrogen-bond acceptors (Lipinski definition) is 3. The Morgan fingerprint density at radius 3 is 2.65 bits per heavy atom. The minimum atomic E-state index is 0.441. The van der Waals surface area contributed by atoms with Gasteiger partial charge in [-0.2, -0.15) is 5.10 Å². The highest BCUT2D eigenvalue weighted by Crippen LogP contribution is 2.29. The van der Waals surface area contributed by atoms with Crippen molar-refractivity contribution in [3.05, 3.63) is 35.4 Å². The van der Waals surface area contributed by atoms with Gasteiger partial charge in [-0.3, -0.25) is 4.68 Å². The minimum Gasteiger partial charge on any atom is -0.331 e. The molecule has 0 fully saturated rings. The first-order valence-electron chi connectivity index (χ1n) is 6.69. The smallest absolute Gasteiger partial charge is 0.106 e. The van der Waals surface area contributed by atoms with Gasteiger partial charge in [0.2, 0.25) is 0 Å². The lowest BCUT2D eigenvalue weighted by Crippen LogP contribution is -1.99. The van der Waals surface area contributed by atoms with Gasteiger partial charge in [0.15, 0.2) is 0 Å². The number of rotatable bonds is 2. The number of hydrogen-bond donors (Lipinski definition) is 1. The molecule has 0 amide bonds. The quantitative estimate of drug-likeness (QED) is 0.774. The zero-order valence-corrected chi connectivity index (χ0v) is 12.3. The number of fused-ring (bicyclic) bond motifs is 1. The molecule has 0 radical (unpaired) electrons. The molecule has 5 heteroatoms. The van der Waals surface area contributed by atoms with Crippen LogP contribution >= 0.6 is 0 Å². The average Bonchev–Trinajstić information content (AvgIpc) is 2.88. The van der Waals surface area contributed by atoms with Crippen molar-refractivity contribution >= 4 is 11.0 Å². The van der Waals surface area contributed by atoms with Crippen LogP contribution in [0.4, 0.5) is 0 Å². The van der Waals surface area contributed by atoms with Crippen LogP contribution in [0.5, 0.6) is 0 Å². The molecule has 0 spiro atoms. The molecule has 1 aromatic carbocycles. The standard InChI is InChI=1S/C15H19N5/c1-9-15(13(8-16)18-20(9)4)11-5-6-14-12(7-11)17-10(2)19(14)3/h5-7H,8,16H2,1-4H3. The Hall–Kier alpha value is -2.14. The van der Waals surface area contributed by atoms with Gasteiger partial charge in [0.25, 0.3) is 0 Å². The molecule has 20 heavy (non-hydrogen) atoms. The number of nitrogens with zero attached hydrogens (tertiary/aromatic N) is 4. The Labute approximate surface area is 118 Å². The molecule has 0 atom stereocenters. The lowest BCUT2D eigenvalue weighted by atomic mass is 10.0. The highest BCUT2D eigenvalue weighted by Gasteiger charge is 2.15. The molecule has 0 unspecified atom stereocenters. The summed E-state index contributed by atoms with van der Waals surface area (Å²) in [5.74, 6) is 1.01. The van der Waals surface area contributed by atoms with Crippen LogP contribution in [-0.4, -0.2) is 19.3 Å². The molecule has 3 aromatic rings. The van der Waals surface area contributed by atoms with Gasteiger partial charge in [0.05, 0.1) is 16.7 Å². The molecule has 2 N–H and O–H groups in total. The number of aromatic nitrogens is 4. The van der Waals surface area contributed by atoms with Crippen molar-refractivity contribution in [2.24, 2.45) is 19.8 Å². The molecule has 2 aromatic heterocycles. The van der Waals surface area contributed by atoms with Crippen LogP contribution < -0.4 is 5.73 Å². The van der Waals surface area contributed by atoms with Gasteiger partial charge in [-0.1, -0.05) is 6.07 Å². The van der Waals surface area contributed by atoms with E-state index in [2.05, 4.69) is 39.8 Å². The molecule has 0 saturated carbocycles. The molecule has 2 heterocycles. The summed E-state index contributed by atoms with van der Waals surface area (Å²) in [6, 6.07) is 6.34. The number of aryl methyl sites for hydroxylation is 3. The monoisotopic (exact) mass is 269 g/mol. The molecular formula is C15H19N5. The summed E-state index contributed by atoms with van der Waals surface area (Å²) in [4.78, 5) is 4.60. The largest absolute Gasteiger partial charge is 0.331 e. The highest BCUT2D eigenvalue weighted by molar-refractivity contribution is 5.83. The Kier molecular flexibility index (Phi) is 2.87. The summed E-state index contributed by atoms with van der Waals surface area (Å²) in [6.45, 7) is 4.52. The Bertz CT molecular complexity index is 794. The summed E-state index contributed by atoms with van der Waals surface area (Å²) < 4.78 is 3.98. The third kappa shape index (κ3) is 1.74. The van der Waals surface area contributed by atoms with E-state index in [-0.39, 0.29) is 0 Å². The van der Waals surface area contributed by atoms with E-state index in [0.717, 1.165) is 39.4 Å². The molecule has 0 aliphatic rings. The summed E-state index contributed by atoms with van der Waals surface area (Å²) in [6.07, 6.45) is 0. The molecule has 0 saturated heterocycles. The zero-order valence-electron chi connectivity index (χ0n) is 12.3. The molecule has 104 valence electrons.